The van der Waals surface area contributed by atoms with Crippen LogP contribution >= 0.6 is 0 Å². The van der Waals surface area contributed by atoms with Crippen molar-refractivity contribution >= 4 is 17.9 Å². The molecule has 0 aliphatic carbocycles. The van der Waals surface area contributed by atoms with Crippen LogP contribution in [0, 0.1) is 0 Å². The van der Waals surface area contributed by atoms with Gasteiger partial charge in [0, 0.05) is 12.8 Å². The lowest BCUT2D eigenvalue weighted by Crippen LogP contribution is -2.30. The summed E-state index contributed by atoms with van der Waals surface area (Å²) in [6.07, 6.45) is 66.2. The van der Waals surface area contributed by atoms with E-state index < -0.39 is 12.1 Å². The Hall–Kier alpha value is -3.41. The first-order valence-corrected chi connectivity index (χ1v) is 26.1. The molecule has 0 aromatic rings. The Labute approximate surface area is 388 Å². The Bertz CT molecular complexity index is 1240. The van der Waals surface area contributed by atoms with Gasteiger partial charge in [-0.2, -0.15) is 0 Å². The van der Waals surface area contributed by atoms with Gasteiger partial charge in [-0.05, 0) is 89.9 Å². The summed E-state index contributed by atoms with van der Waals surface area (Å²) in [5, 5.41) is 0. The summed E-state index contributed by atoms with van der Waals surface area (Å²) < 4.78 is 16.6. The molecule has 0 heterocycles. The predicted molar refractivity (Wildman–Crippen MR) is 270 cm³/mol. The normalized spacial score (nSPS) is 12.7. The lowest BCUT2D eigenvalue weighted by atomic mass is 10.1. The second-order valence-electron chi connectivity index (χ2n) is 17.1. The molecule has 6 nitrogen and oxygen atoms in total. The third-order valence-corrected chi connectivity index (χ3v) is 10.9. The van der Waals surface area contributed by atoms with Crippen LogP contribution in [0.2, 0.25) is 0 Å². The van der Waals surface area contributed by atoms with E-state index in [4.69, 9.17) is 14.2 Å². The zero-order valence-electron chi connectivity index (χ0n) is 41.1. The van der Waals surface area contributed by atoms with Gasteiger partial charge in [0.2, 0.25) is 0 Å². The summed E-state index contributed by atoms with van der Waals surface area (Å²) in [4.78, 5) is 37.8. The Balaban J connectivity index is 4.43. The molecule has 0 amide bonds. The lowest BCUT2D eigenvalue weighted by molar-refractivity contribution is -0.166. The molecule has 0 bridgehead atoms. The van der Waals surface area contributed by atoms with E-state index in [1.165, 1.54) is 135 Å². The van der Waals surface area contributed by atoms with Gasteiger partial charge in [0.25, 0.3) is 0 Å². The zero-order chi connectivity index (χ0) is 45.8. The summed E-state index contributed by atoms with van der Waals surface area (Å²) in [7, 11) is 0. The van der Waals surface area contributed by atoms with E-state index in [1.54, 1.807) is 6.08 Å². The van der Waals surface area contributed by atoms with E-state index in [0.717, 1.165) is 57.8 Å². The molecule has 1 unspecified atom stereocenters. The molecule has 0 saturated heterocycles. The Morgan fingerprint density at radius 2 is 0.698 bits per heavy atom. The molecule has 360 valence electrons. The third-order valence-electron chi connectivity index (χ3n) is 10.9. The smallest absolute Gasteiger partial charge is 0.309 e. The van der Waals surface area contributed by atoms with E-state index in [9.17, 15) is 14.4 Å². The number of rotatable bonds is 46. The molecule has 0 spiro atoms. The van der Waals surface area contributed by atoms with Crippen LogP contribution in [0.4, 0.5) is 0 Å². The zero-order valence-corrected chi connectivity index (χ0v) is 41.1. The van der Waals surface area contributed by atoms with E-state index in [0.29, 0.717) is 12.8 Å². The summed E-state index contributed by atoms with van der Waals surface area (Å²) in [5.41, 5.74) is 0. The molecule has 0 aromatic heterocycles. The van der Waals surface area contributed by atoms with Crippen LogP contribution in [-0.2, 0) is 28.6 Å². The molecule has 0 saturated carbocycles. The number of esters is 3. The van der Waals surface area contributed by atoms with Crippen LogP contribution in [-0.4, -0.2) is 37.2 Å². The highest BCUT2D eigenvalue weighted by Gasteiger charge is 2.19. The molecule has 0 radical (unpaired) electrons. The molecule has 0 fully saturated rings. The summed E-state index contributed by atoms with van der Waals surface area (Å²) >= 11 is 0. The monoisotopic (exact) mass is 877 g/mol. The molecule has 0 aromatic carbocycles. The van der Waals surface area contributed by atoms with Gasteiger partial charge in [0.15, 0.2) is 6.10 Å². The lowest BCUT2D eigenvalue weighted by Gasteiger charge is -2.18. The largest absolute Gasteiger partial charge is 0.462 e. The van der Waals surface area contributed by atoms with Crippen molar-refractivity contribution in [1.29, 1.82) is 0 Å². The molecule has 0 aliphatic rings. The topological polar surface area (TPSA) is 78.9 Å². The van der Waals surface area contributed by atoms with Crippen molar-refractivity contribution < 1.29 is 28.6 Å². The third kappa shape index (κ3) is 49.5. The fourth-order valence-corrected chi connectivity index (χ4v) is 6.98. The molecule has 63 heavy (non-hydrogen) atoms. The predicted octanol–water partition coefficient (Wildman–Crippen LogP) is 17.2. The van der Waals surface area contributed by atoms with Crippen LogP contribution in [0.15, 0.2) is 85.1 Å². The minimum absolute atomic E-state index is 0.123. The van der Waals surface area contributed by atoms with E-state index in [2.05, 4.69) is 93.7 Å². The maximum absolute atomic E-state index is 12.7. The minimum Gasteiger partial charge on any atom is -0.462 e. The summed E-state index contributed by atoms with van der Waals surface area (Å²) in [6, 6.07) is 0. The van der Waals surface area contributed by atoms with Gasteiger partial charge in [0.1, 0.15) is 13.2 Å². The number of allylic oxidation sites excluding steroid dienone is 13. The van der Waals surface area contributed by atoms with Crippen LogP contribution in [0.25, 0.3) is 0 Å². The van der Waals surface area contributed by atoms with E-state index >= 15 is 0 Å². The highest BCUT2D eigenvalue weighted by Crippen LogP contribution is 2.13. The number of carbonyl (C=O) groups excluding carboxylic acids is 3. The van der Waals surface area contributed by atoms with Crippen molar-refractivity contribution in [2.45, 2.75) is 245 Å². The Morgan fingerprint density at radius 1 is 0.349 bits per heavy atom. The molecule has 0 rings (SSSR count). The fourth-order valence-electron chi connectivity index (χ4n) is 6.98. The van der Waals surface area contributed by atoms with E-state index in [-0.39, 0.29) is 38.0 Å². The van der Waals surface area contributed by atoms with Crippen molar-refractivity contribution in [2.24, 2.45) is 0 Å². The van der Waals surface area contributed by atoms with Crippen LogP contribution in [0.3, 0.4) is 0 Å². The molecular weight excluding hydrogens is 781 g/mol. The maximum Gasteiger partial charge on any atom is 0.309 e. The second-order valence-corrected chi connectivity index (χ2v) is 17.1. The number of ether oxygens (including phenoxy) is 3. The first kappa shape index (κ1) is 59.6. The van der Waals surface area contributed by atoms with Crippen molar-refractivity contribution in [1.82, 2.24) is 0 Å². The minimum atomic E-state index is -0.839. The molecular formula is C57H96O6. The van der Waals surface area contributed by atoms with Gasteiger partial charge in [-0.25, -0.2) is 0 Å². The molecule has 1 atom stereocenters. The van der Waals surface area contributed by atoms with E-state index in [1.807, 2.05) is 6.08 Å². The number of hydrogen-bond donors (Lipinski definition) is 0. The van der Waals surface area contributed by atoms with Gasteiger partial charge < -0.3 is 14.2 Å². The SMILES string of the molecule is CC/C=C\C/C=C\C/C=C\CC(=O)OCC(COC(=O)CCCCCCCCC/C=C\CCCCCCCCCC)OC(=O)CCC/C=C\C/C=C\C/C=C\CCCCCCCC. The quantitative estimate of drug-likeness (QED) is 0.0262. The number of carbonyl (C=O) groups is 3. The van der Waals surface area contributed by atoms with Crippen molar-refractivity contribution in [3.63, 3.8) is 0 Å². The Morgan fingerprint density at radius 3 is 1.17 bits per heavy atom. The van der Waals surface area contributed by atoms with Crippen LogP contribution in [0.1, 0.15) is 239 Å². The highest BCUT2D eigenvalue weighted by molar-refractivity contribution is 5.72. The van der Waals surface area contributed by atoms with Crippen molar-refractivity contribution in [3.05, 3.63) is 85.1 Å². The number of hydrogen-bond acceptors (Lipinski definition) is 6. The van der Waals surface area contributed by atoms with Crippen LogP contribution < -0.4 is 0 Å². The Kier molecular flexibility index (Phi) is 48.5. The summed E-state index contributed by atoms with van der Waals surface area (Å²) in [5.74, 6) is -1.11. The van der Waals surface area contributed by atoms with Crippen LogP contribution in [0.5, 0.6) is 0 Å². The average Bonchev–Trinajstić information content (AvgIpc) is 3.28. The van der Waals surface area contributed by atoms with Gasteiger partial charge in [0.05, 0.1) is 6.42 Å². The van der Waals surface area contributed by atoms with Crippen molar-refractivity contribution in [2.75, 3.05) is 13.2 Å². The molecule has 6 heteroatoms. The first-order valence-electron chi connectivity index (χ1n) is 26.1. The standard InChI is InChI=1S/C57H96O6/c1-4-7-10-13-16-19-21-23-25-27-28-30-31-33-35-38-41-44-47-50-56(59)62-53-54(52-61-55(58)49-46-43-40-37-18-15-12-9-6-3)63-57(60)51-48-45-42-39-36-34-32-29-26-24-22-20-17-14-11-8-5-2/h9,12,18,24,26-28,32,34,37,39,42-43,46,54H,4-8,10-11,13-17,19-23,25,29-31,33,35-36,38,40-41,44-45,47-53H2,1-3H3/b12-9-,26-24-,28-27-,34-32-,37-18-,42-39-,46-43-. The van der Waals surface area contributed by atoms with Gasteiger partial charge in [-0.3, -0.25) is 14.4 Å². The average molecular weight is 877 g/mol. The molecule has 0 aliphatic heterocycles. The maximum atomic E-state index is 12.7. The second kappa shape index (κ2) is 51.2. The van der Waals surface area contributed by atoms with Gasteiger partial charge >= 0.3 is 17.9 Å². The van der Waals surface area contributed by atoms with Gasteiger partial charge in [-0.1, -0.05) is 215 Å². The summed E-state index contributed by atoms with van der Waals surface area (Å²) in [6.45, 7) is 6.37. The number of unbranched alkanes of at least 4 members (excludes halogenated alkanes) is 22. The molecule has 0 N–H and O–H groups in total. The fraction of sp³-hybridized carbons (Fsp3) is 0.702. The first-order chi connectivity index (χ1) is 31.0. The van der Waals surface area contributed by atoms with Crippen molar-refractivity contribution in [3.8, 4) is 0 Å². The van der Waals surface area contributed by atoms with Gasteiger partial charge in [-0.15, -0.1) is 0 Å². The highest BCUT2D eigenvalue weighted by atomic mass is 16.6.